The summed E-state index contributed by atoms with van der Waals surface area (Å²) in [6, 6.07) is 6.99. The molecule has 0 spiro atoms. The largest absolute Gasteiger partial charge is 0.330 e. The smallest absolute Gasteiger partial charge is 0.00456 e. The predicted molar refractivity (Wildman–Crippen MR) is 65.1 cm³/mol. The molecule has 1 aliphatic rings. The third-order valence-electron chi connectivity index (χ3n) is 3.56. The number of fused-ring (bicyclic) bond motifs is 1. The molecule has 82 valence electrons. The zero-order valence-electron chi connectivity index (χ0n) is 9.79. The molecule has 1 unspecified atom stereocenters. The van der Waals surface area contributed by atoms with Gasteiger partial charge in [0.15, 0.2) is 0 Å². The van der Waals surface area contributed by atoms with Crippen molar-refractivity contribution in [3.05, 3.63) is 34.9 Å². The van der Waals surface area contributed by atoms with Crippen LogP contribution in [0.1, 0.15) is 42.9 Å². The molecule has 0 saturated carbocycles. The summed E-state index contributed by atoms with van der Waals surface area (Å²) in [6.45, 7) is 5.35. The van der Waals surface area contributed by atoms with Gasteiger partial charge in [-0.05, 0) is 54.3 Å². The Bertz CT molecular complexity index is 341. The third-order valence-corrected chi connectivity index (χ3v) is 3.56. The predicted octanol–water partition coefficient (Wildman–Crippen LogP) is 2.87. The van der Waals surface area contributed by atoms with Crippen molar-refractivity contribution >= 4 is 0 Å². The van der Waals surface area contributed by atoms with Gasteiger partial charge in [-0.25, -0.2) is 0 Å². The summed E-state index contributed by atoms with van der Waals surface area (Å²) in [4.78, 5) is 0. The molecule has 1 heteroatoms. The number of benzene rings is 1. The fourth-order valence-corrected chi connectivity index (χ4v) is 2.41. The summed E-state index contributed by atoms with van der Waals surface area (Å²) in [5, 5.41) is 0. The van der Waals surface area contributed by atoms with E-state index in [2.05, 4.69) is 32.0 Å². The first-order valence-corrected chi connectivity index (χ1v) is 6.02. The van der Waals surface area contributed by atoms with E-state index in [1.54, 1.807) is 5.56 Å². The molecule has 0 radical (unpaired) electrons. The van der Waals surface area contributed by atoms with Crippen LogP contribution in [0.25, 0.3) is 0 Å². The summed E-state index contributed by atoms with van der Waals surface area (Å²) >= 11 is 0. The molecule has 0 fully saturated rings. The first-order chi connectivity index (χ1) is 7.20. The summed E-state index contributed by atoms with van der Waals surface area (Å²) in [5.41, 5.74) is 10.3. The van der Waals surface area contributed by atoms with E-state index in [1.165, 1.54) is 30.4 Å². The highest BCUT2D eigenvalue weighted by Gasteiger charge is 2.17. The van der Waals surface area contributed by atoms with Crippen molar-refractivity contribution in [1.82, 2.24) is 0 Å². The van der Waals surface area contributed by atoms with E-state index < -0.39 is 0 Å². The molecule has 1 aromatic rings. The molecule has 0 aromatic heterocycles. The molecule has 0 amide bonds. The highest BCUT2D eigenvalue weighted by molar-refractivity contribution is 5.35. The van der Waals surface area contributed by atoms with Crippen LogP contribution in [-0.2, 0) is 12.8 Å². The molecule has 1 nitrogen and oxygen atoms in total. The Morgan fingerprint density at radius 3 is 2.80 bits per heavy atom. The maximum Gasteiger partial charge on any atom is -0.00456 e. The van der Waals surface area contributed by atoms with Crippen molar-refractivity contribution in [3.63, 3.8) is 0 Å². The van der Waals surface area contributed by atoms with Crippen molar-refractivity contribution in [2.75, 3.05) is 6.54 Å². The zero-order valence-corrected chi connectivity index (χ0v) is 9.79. The van der Waals surface area contributed by atoms with Gasteiger partial charge >= 0.3 is 0 Å². The van der Waals surface area contributed by atoms with Gasteiger partial charge < -0.3 is 5.73 Å². The van der Waals surface area contributed by atoms with E-state index in [4.69, 9.17) is 5.73 Å². The van der Waals surface area contributed by atoms with Crippen LogP contribution in [0, 0.1) is 5.92 Å². The minimum Gasteiger partial charge on any atom is -0.330 e. The number of nitrogens with two attached hydrogens (primary N) is 1. The standard InChI is InChI=1S/C14H21N/c1-10(2)12-5-6-13-7-11(9-15)3-4-14(13)8-12/h5-6,8,10-11H,3-4,7,9,15H2,1-2H3. The van der Waals surface area contributed by atoms with Gasteiger partial charge in [0, 0.05) is 0 Å². The lowest BCUT2D eigenvalue weighted by atomic mass is 9.82. The Morgan fingerprint density at radius 2 is 2.13 bits per heavy atom. The number of hydrogen-bond acceptors (Lipinski definition) is 1. The summed E-state index contributed by atoms with van der Waals surface area (Å²) < 4.78 is 0. The van der Waals surface area contributed by atoms with Crippen LogP contribution in [0.4, 0.5) is 0 Å². The molecule has 0 bridgehead atoms. The monoisotopic (exact) mass is 203 g/mol. The molecular formula is C14H21N. The van der Waals surface area contributed by atoms with Crippen LogP contribution >= 0.6 is 0 Å². The molecule has 1 aliphatic carbocycles. The number of rotatable bonds is 2. The Balaban J connectivity index is 2.24. The van der Waals surface area contributed by atoms with Crippen LogP contribution in [0.5, 0.6) is 0 Å². The molecule has 0 aliphatic heterocycles. The second-order valence-electron chi connectivity index (χ2n) is 5.03. The van der Waals surface area contributed by atoms with Crippen molar-refractivity contribution in [2.24, 2.45) is 11.7 Å². The Kier molecular flexibility index (Phi) is 3.11. The maximum absolute atomic E-state index is 5.74. The maximum atomic E-state index is 5.74. The molecular weight excluding hydrogens is 182 g/mol. The lowest BCUT2D eigenvalue weighted by Crippen LogP contribution is -2.22. The van der Waals surface area contributed by atoms with Crippen molar-refractivity contribution < 1.29 is 0 Å². The van der Waals surface area contributed by atoms with Crippen molar-refractivity contribution in [2.45, 2.75) is 39.0 Å². The Morgan fingerprint density at radius 1 is 1.33 bits per heavy atom. The first kappa shape index (κ1) is 10.7. The van der Waals surface area contributed by atoms with E-state index in [0.717, 1.165) is 6.54 Å². The van der Waals surface area contributed by atoms with Crippen LogP contribution in [0.3, 0.4) is 0 Å². The van der Waals surface area contributed by atoms with E-state index in [1.807, 2.05) is 0 Å². The van der Waals surface area contributed by atoms with Crippen LogP contribution in [0.15, 0.2) is 18.2 Å². The lowest BCUT2D eigenvalue weighted by Gasteiger charge is -2.24. The van der Waals surface area contributed by atoms with Gasteiger partial charge in [-0.15, -0.1) is 0 Å². The number of hydrogen-bond donors (Lipinski definition) is 1. The fraction of sp³-hybridized carbons (Fsp3) is 0.571. The summed E-state index contributed by atoms with van der Waals surface area (Å²) in [7, 11) is 0. The van der Waals surface area contributed by atoms with Gasteiger partial charge in [-0.3, -0.25) is 0 Å². The van der Waals surface area contributed by atoms with E-state index >= 15 is 0 Å². The summed E-state index contributed by atoms with van der Waals surface area (Å²) in [5.74, 6) is 1.35. The van der Waals surface area contributed by atoms with E-state index in [9.17, 15) is 0 Å². The molecule has 2 N–H and O–H groups in total. The fourth-order valence-electron chi connectivity index (χ4n) is 2.41. The van der Waals surface area contributed by atoms with E-state index in [-0.39, 0.29) is 0 Å². The normalized spacial score (nSPS) is 20.4. The molecule has 0 heterocycles. The minimum atomic E-state index is 0.641. The minimum absolute atomic E-state index is 0.641. The second kappa shape index (κ2) is 4.36. The highest BCUT2D eigenvalue weighted by atomic mass is 14.5. The topological polar surface area (TPSA) is 26.0 Å². The third kappa shape index (κ3) is 2.23. The molecule has 15 heavy (non-hydrogen) atoms. The Labute approximate surface area is 92.7 Å². The Hall–Kier alpha value is -0.820. The van der Waals surface area contributed by atoms with Gasteiger partial charge in [0.25, 0.3) is 0 Å². The lowest BCUT2D eigenvalue weighted by molar-refractivity contribution is 0.468. The quantitative estimate of drug-likeness (QED) is 0.786. The average molecular weight is 203 g/mol. The average Bonchev–Trinajstić information content (AvgIpc) is 2.27. The van der Waals surface area contributed by atoms with Gasteiger partial charge in [-0.2, -0.15) is 0 Å². The molecule has 1 atom stereocenters. The summed E-state index contributed by atoms with van der Waals surface area (Å²) in [6.07, 6.45) is 3.67. The molecule has 1 aromatic carbocycles. The van der Waals surface area contributed by atoms with Crippen LogP contribution in [0.2, 0.25) is 0 Å². The second-order valence-corrected chi connectivity index (χ2v) is 5.03. The van der Waals surface area contributed by atoms with Crippen LogP contribution in [-0.4, -0.2) is 6.54 Å². The van der Waals surface area contributed by atoms with Gasteiger partial charge in [0.05, 0.1) is 0 Å². The van der Waals surface area contributed by atoms with E-state index in [0.29, 0.717) is 11.8 Å². The SMILES string of the molecule is CC(C)c1ccc2c(c1)CCC(CN)C2. The highest BCUT2D eigenvalue weighted by Crippen LogP contribution is 2.27. The zero-order chi connectivity index (χ0) is 10.8. The molecule has 0 saturated heterocycles. The van der Waals surface area contributed by atoms with Gasteiger partial charge in [0.1, 0.15) is 0 Å². The van der Waals surface area contributed by atoms with Gasteiger partial charge in [0.2, 0.25) is 0 Å². The van der Waals surface area contributed by atoms with Crippen molar-refractivity contribution in [1.29, 1.82) is 0 Å². The number of aryl methyl sites for hydroxylation is 1. The van der Waals surface area contributed by atoms with Gasteiger partial charge in [-0.1, -0.05) is 32.0 Å². The molecule has 2 rings (SSSR count). The van der Waals surface area contributed by atoms with Crippen molar-refractivity contribution in [3.8, 4) is 0 Å². The van der Waals surface area contributed by atoms with Crippen LogP contribution < -0.4 is 5.73 Å². The first-order valence-electron chi connectivity index (χ1n) is 6.02.